The van der Waals surface area contributed by atoms with Crippen LogP contribution in [0.4, 0.5) is 0 Å². The molecule has 1 nitrogen and oxygen atoms in total. The molecule has 2 atom stereocenters. The van der Waals surface area contributed by atoms with E-state index in [0.717, 1.165) is 12.1 Å². The first-order chi connectivity index (χ1) is 6.31. The van der Waals surface area contributed by atoms with Gasteiger partial charge in [0.15, 0.2) is 0 Å². The summed E-state index contributed by atoms with van der Waals surface area (Å²) in [6.45, 7) is 3.59. The third kappa shape index (κ3) is 2.02. The van der Waals surface area contributed by atoms with Crippen LogP contribution in [0, 0.1) is 0 Å². The number of alkyl halides is 1. The number of hydrogen-bond acceptors (Lipinski definition) is 1. The molecule has 0 radical (unpaired) electrons. The normalized spacial score (nSPS) is 39.7. The first-order valence-electron chi connectivity index (χ1n) is 5.71. The van der Waals surface area contributed by atoms with Gasteiger partial charge in [-0.25, -0.2) is 0 Å². The van der Waals surface area contributed by atoms with Crippen molar-refractivity contribution in [2.75, 3.05) is 6.54 Å². The maximum Gasteiger partial charge on any atom is 0.0365 e. The number of hydrogen-bond donors (Lipinski definition) is 0. The van der Waals surface area contributed by atoms with Gasteiger partial charge in [0.2, 0.25) is 0 Å². The maximum absolute atomic E-state index is 6.22. The zero-order chi connectivity index (χ0) is 9.26. The quantitative estimate of drug-likeness (QED) is 0.635. The second kappa shape index (κ2) is 4.18. The molecular formula is C11H20ClN. The van der Waals surface area contributed by atoms with Crippen molar-refractivity contribution in [2.45, 2.75) is 62.9 Å². The van der Waals surface area contributed by atoms with Crippen molar-refractivity contribution in [1.29, 1.82) is 0 Å². The minimum atomic E-state index is 0.468. The van der Waals surface area contributed by atoms with Crippen molar-refractivity contribution >= 4 is 11.6 Å². The summed E-state index contributed by atoms with van der Waals surface area (Å²) in [6.07, 6.45) is 7.96. The van der Waals surface area contributed by atoms with Gasteiger partial charge in [-0.2, -0.15) is 0 Å². The van der Waals surface area contributed by atoms with E-state index in [1.54, 1.807) is 0 Å². The van der Waals surface area contributed by atoms with Gasteiger partial charge in [-0.3, -0.25) is 4.90 Å². The van der Waals surface area contributed by atoms with Crippen LogP contribution in [0.5, 0.6) is 0 Å². The lowest BCUT2D eigenvalue weighted by Crippen LogP contribution is -2.43. The molecule has 2 bridgehead atoms. The number of unbranched alkanes of at least 4 members (excludes halogenated alkanes) is 1. The monoisotopic (exact) mass is 201 g/mol. The number of halogens is 1. The third-order valence-corrected chi connectivity index (χ3v) is 3.95. The molecule has 0 N–H and O–H groups in total. The van der Waals surface area contributed by atoms with Gasteiger partial charge in [0.05, 0.1) is 0 Å². The fourth-order valence-corrected chi connectivity index (χ4v) is 3.32. The molecule has 2 heterocycles. The number of rotatable bonds is 3. The number of piperidine rings is 1. The van der Waals surface area contributed by atoms with E-state index < -0.39 is 0 Å². The average molecular weight is 202 g/mol. The smallest absolute Gasteiger partial charge is 0.0365 e. The summed E-state index contributed by atoms with van der Waals surface area (Å²) >= 11 is 6.22. The highest BCUT2D eigenvalue weighted by Crippen LogP contribution is 2.37. The van der Waals surface area contributed by atoms with Gasteiger partial charge in [0, 0.05) is 17.5 Å². The largest absolute Gasteiger partial charge is 0.297 e. The number of nitrogens with zero attached hydrogens (tertiary/aromatic N) is 1. The van der Waals surface area contributed by atoms with E-state index in [2.05, 4.69) is 11.8 Å². The third-order valence-electron chi connectivity index (χ3n) is 3.60. The SMILES string of the molecule is CCCCN1C2CCC1CC(Cl)C2. The maximum atomic E-state index is 6.22. The van der Waals surface area contributed by atoms with E-state index in [1.165, 1.54) is 45.1 Å². The van der Waals surface area contributed by atoms with Gasteiger partial charge in [-0.15, -0.1) is 11.6 Å². The van der Waals surface area contributed by atoms with E-state index in [9.17, 15) is 0 Å². The van der Waals surface area contributed by atoms with Crippen LogP contribution in [0.2, 0.25) is 0 Å². The predicted octanol–water partition coefficient (Wildman–Crippen LogP) is 3.02. The predicted molar refractivity (Wildman–Crippen MR) is 57.3 cm³/mol. The minimum Gasteiger partial charge on any atom is -0.297 e. The van der Waals surface area contributed by atoms with Crippen LogP contribution in [0.3, 0.4) is 0 Å². The Bertz CT molecular complexity index is 157. The van der Waals surface area contributed by atoms with E-state index in [4.69, 9.17) is 11.6 Å². The van der Waals surface area contributed by atoms with Crippen LogP contribution in [0.15, 0.2) is 0 Å². The molecule has 2 aliphatic rings. The summed E-state index contributed by atoms with van der Waals surface area (Å²) in [5.74, 6) is 0. The summed E-state index contributed by atoms with van der Waals surface area (Å²) in [5, 5.41) is 0.468. The van der Waals surface area contributed by atoms with Crippen LogP contribution < -0.4 is 0 Å². The Hall–Kier alpha value is 0.250. The Labute approximate surface area is 86.4 Å². The van der Waals surface area contributed by atoms with Crippen LogP contribution in [0.25, 0.3) is 0 Å². The highest BCUT2D eigenvalue weighted by molar-refractivity contribution is 6.20. The summed E-state index contributed by atoms with van der Waals surface area (Å²) in [5.41, 5.74) is 0. The number of fused-ring (bicyclic) bond motifs is 2. The molecule has 0 amide bonds. The molecule has 2 saturated heterocycles. The van der Waals surface area contributed by atoms with Crippen LogP contribution in [0.1, 0.15) is 45.4 Å². The molecule has 13 heavy (non-hydrogen) atoms. The molecule has 2 rings (SSSR count). The van der Waals surface area contributed by atoms with Crippen molar-refractivity contribution < 1.29 is 0 Å². The van der Waals surface area contributed by atoms with Crippen molar-refractivity contribution in [3.63, 3.8) is 0 Å². The van der Waals surface area contributed by atoms with Crippen LogP contribution in [-0.2, 0) is 0 Å². The van der Waals surface area contributed by atoms with Gasteiger partial charge in [-0.1, -0.05) is 13.3 Å². The molecule has 2 fully saturated rings. The summed E-state index contributed by atoms with van der Waals surface area (Å²) in [4.78, 5) is 2.72. The minimum absolute atomic E-state index is 0.468. The molecule has 76 valence electrons. The molecule has 0 aliphatic carbocycles. The van der Waals surface area contributed by atoms with Crippen LogP contribution >= 0.6 is 11.6 Å². The Balaban J connectivity index is 1.90. The van der Waals surface area contributed by atoms with Gasteiger partial charge in [0.1, 0.15) is 0 Å². The summed E-state index contributed by atoms with van der Waals surface area (Å²) in [6, 6.07) is 1.65. The lowest BCUT2D eigenvalue weighted by atomic mass is 10.0. The Morgan fingerprint density at radius 2 is 1.85 bits per heavy atom. The fourth-order valence-electron chi connectivity index (χ4n) is 2.91. The zero-order valence-electron chi connectivity index (χ0n) is 8.51. The second-order valence-corrected chi connectivity index (χ2v) is 5.16. The highest BCUT2D eigenvalue weighted by Gasteiger charge is 2.39. The van der Waals surface area contributed by atoms with Gasteiger partial charge in [0.25, 0.3) is 0 Å². The summed E-state index contributed by atoms with van der Waals surface area (Å²) < 4.78 is 0. The standard InChI is InChI=1S/C11H20ClN/c1-2-3-6-13-10-4-5-11(13)8-9(12)7-10/h9-11H,2-8H2,1H3. The van der Waals surface area contributed by atoms with Gasteiger partial charge >= 0.3 is 0 Å². The van der Waals surface area contributed by atoms with Crippen molar-refractivity contribution in [3.8, 4) is 0 Å². The van der Waals surface area contributed by atoms with Crippen molar-refractivity contribution in [1.82, 2.24) is 4.90 Å². The van der Waals surface area contributed by atoms with Crippen molar-refractivity contribution in [3.05, 3.63) is 0 Å². The van der Waals surface area contributed by atoms with Gasteiger partial charge < -0.3 is 0 Å². The molecule has 2 aliphatic heterocycles. The highest BCUT2D eigenvalue weighted by atomic mass is 35.5. The summed E-state index contributed by atoms with van der Waals surface area (Å²) in [7, 11) is 0. The molecule has 0 spiro atoms. The van der Waals surface area contributed by atoms with E-state index in [-0.39, 0.29) is 0 Å². The first-order valence-corrected chi connectivity index (χ1v) is 6.14. The zero-order valence-corrected chi connectivity index (χ0v) is 9.26. The van der Waals surface area contributed by atoms with Gasteiger partial charge in [-0.05, 0) is 38.6 Å². The molecule has 0 saturated carbocycles. The Morgan fingerprint density at radius 1 is 1.23 bits per heavy atom. The van der Waals surface area contributed by atoms with Crippen molar-refractivity contribution in [2.24, 2.45) is 0 Å². The fraction of sp³-hybridized carbons (Fsp3) is 1.00. The van der Waals surface area contributed by atoms with E-state index >= 15 is 0 Å². The molecule has 2 unspecified atom stereocenters. The van der Waals surface area contributed by atoms with Crippen LogP contribution in [-0.4, -0.2) is 28.9 Å². The second-order valence-electron chi connectivity index (χ2n) is 4.55. The Kier molecular flexibility index (Phi) is 3.15. The lowest BCUT2D eigenvalue weighted by molar-refractivity contribution is 0.141. The molecule has 0 aromatic heterocycles. The molecule has 2 heteroatoms. The lowest BCUT2D eigenvalue weighted by Gasteiger charge is -2.36. The van der Waals surface area contributed by atoms with E-state index in [0.29, 0.717) is 5.38 Å². The Morgan fingerprint density at radius 3 is 2.38 bits per heavy atom. The first kappa shape index (κ1) is 9.79. The molecule has 0 aromatic rings. The molecule has 0 aromatic carbocycles. The average Bonchev–Trinajstić information content (AvgIpc) is 2.33. The topological polar surface area (TPSA) is 3.24 Å². The van der Waals surface area contributed by atoms with E-state index in [1.807, 2.05) is 0 Å². The molecular weight excluding hydrogens is 182 g/mol.